The van der Waals surface area contributed by atoms with Crippen molar-refractivity contribution in [2.45, 2.75) is 12.5 Å². The molecule has 1 aromatic carbocycles. The molecule has 24 heavy (non-hydrogen) atoms. The monoisotopic (exact) mass is 351 g/mol. The number of H-pyrrole nitrogens is 1. The second kappa shape index (κ2) is 6.35. The summed E-state index contributed by atoms with van der Waals surface area (Å²) in [5.41, 5.74) is 1.00. The standard InChI is InChI=1S/C17H19ClFN3O2/c18-14-7-11(19)8-15-13(14)9-16(20-15)17(23)22-4-2-21(3-5-22)12-1-6-24-10-12/h7-9,12,20H,1-6,10H2. The molecule has 0 radical (unpaired) electrons. The van der Waals surface area contributed by atoms with E-state index in [9.17, 15) is 9.18 Å². The first-order valence-electron chi connectivity index (χ1n) is 8.20. The zero-order chi connectivity index (χ0) is 16.7. The number of amides is 1. The Morgan fingerprint density at radius 3 is 2.75 bits per heavy atom. The van der Waals surface area contributed by atoms with Gasteiger partial charge in [0.15, 0.2) is 0 Å². The van der Waals surface area contributed by atoms with Crippen molar-refractivity contribution in [2.24, 2.45) is 0 Å². The van der Waals surface area contributed by atoms with Crippen LogP contribution in [0.25, 0.3) is 10.9 Å². The van der Waals surface area contributed by atoms with E-state index in [1.807, 2.05) is 4.90 Å². The molecule has 4 rings (SSSR count). The van der Waals surface area contributed by atoms with Gasteiger partial charge in [-0.3, -0.25) is 9.69 Å². The number of carbonyl (C=O) groups is 1. The Hall–Kier alpha value is -1.63. The van der Waals surface area contributed by atoms with Crippen LogP contribution in [0.5, 0.6) is 0 Å². The van der Waals surface area contributed by atoms with Gasteiger partial charge in [0.25, 0.3) is 5.91 Å². The first-order chi connectivity index (χ1) is 11.6. The lowest BCUT2D eigenvalue weighted by molar-refractivity contribution is 0.0545. The minimum atomic E-state index is -0.416. The summed E-state index contributed by atoms with van der Waals surface area (Å²) in [7, 11) is 0. The van der Waals surface area contributed by atoms with E-state index >= 15 is 0 Å². The van der Waals surface area contributed by atoms with E-state index in [1.54, 1.807) is 6.07 Å². The number of aromatic nitrogens is 1. The van der Waals surface area contributed by atoms with E-state index in [0.717, 1.165) is 32.7 Å². The van der Waals surface area contributed by atoms with E-state index in [-0.39, 0.29) is 5.91 Å². The lowest BCUT2D eigenvalue weighted by Gasteiger charge is -2.37. The van der Waals surface area contributed by atoms with Gasteiger partial charge in [0.2, 0.25) is 0 Å². The summed E-state index contributed by atoms with van der Waals surface area (Å²) in [6.07, 6.45) is 1.07. The molecule has 1 atom stereocenters. The number of halogens is 2. The summed E-state index contributed by atoms with van der Waals surface area (Å²) in [4.78, 5) is 19.9. The molecule has 0 spiro atoms. The van der Waals surface area contributed by atoms with E-state index in [0.29, 0.717) is 40.8 Å². The molecule has 2 saturated heterocycles. The minimum Gasteiger partial charge on any atom is -0.380 e. The number of piperazine rings is 1. The van der Waals surface area contributed by atoms with Gasteiger partial charge in [0.1, 0.15) is 11.5 Å². The molecule has 1 amide bonds. The van der Waals surface area contributed by atoms with Crippen LogP contribution in [-0.2, 0) is 4.74 Å². The molecule has 0 aliphatic carbocycles. The van der Waals surface area contributed by atoms with Crippen molar-refractivity contribution >= 4 is 28.4 Å². The molecule has 2 aliphatic heterocycles. The van der Waals surface area contributed by atoms with Gasteiger partial charge in [-0.2, -0.15) is 0 Å². The van der Waals surface area contributed by atoms with Gasteiger partial charge < -0.3 is 14.6 Å². The van der Waals surface area contributed by atoms with Crippen molar-refractivity contribution in [3.8, 4) is 0 Å². The number of aromatic amines is 1. The number of ether oxygens (including phenoxy) is 1. The highest BCUT2D eigenvalue weighted by Gasteiger charge is 2.29. The van der Waals surface area contributed by atoms with Crippen molar-refractivity contribution in [1.29, 1.82) is 0 Å². The maximum absolute atomic E-state index is 13.4. The van der Waals surface area contributed by atoms with Crippen LogP contribution in [0.3, 0.4) is 0 Å². The Bertz CT molecular complexity index is 765. The summed E-state index contributed by atoms with van der Waals surface area (Å²) in [5.74, 6) is -0.481. The molecule has 1 aromatic heterocycles. The van der Waals surface area contributed by atoms with E-state index in [2.05, 4.69) is 9.88 Å². The number of nitrogens with one attached hydrogen (secondary N) is 1. The van der Waals surface area contributed by atoms with Gasteiger partial charge in [-0.05, 0) is 24.6 Å². The number of hydrogen-bond acceptors (Lipinski definition) is 3. The number of rotatable bonds is 2. The number of nitrogens with zero attached hydrogens (tertiary/aromatic N) is 2. The summed E-state index contributed by atoms with van der Waals surface area (Å²) in [5, 5.41) is 0.981. The lowest BCUT2D eigenvalue weighted by Crippen LogP contribution is -2.52. The fourth-order valence-electron chi connectivity index (χ4n) is 3.55. The van der Waals surface area contributed by atoms with E-state index < -0.39 is 5.82 Å². The Balaban J connectivity index is 1.47. The molecular weight excluding hydrogens is 333 g/mol. The number of fused-ring (bicyclic) bond motifs is 1. The predicted octanol–water partition coefficient (Wildman–Crippen LogP) is 2.51. The van der Waals surface area contributed by atoms with E-state index in [1.165, 1.54) is 12.1 Å². The van der Waals surface area contributed by atoms with Crippen molar-refractivity contribution in [3.05, 3.63) is 34.7 Å². The van der Waals surface area contributed by atoms with Crippen molar-refractivity contribution in [1.82, 2.24) is 14.8 Å². The van der Waals surface area contributed by atoms with Crippen LogP contribution in [0.1, 0.15) is 16.9 Å². The maximum Gasteiger partial charge on any atom is 0.270 e. The molecule has 2 aromatic rings. The molecule has 7 heteroatoms. The third-order valence-corrected chi connectivity index (χ3v) is 5.22. The minimum absolute atomic E-state index is 0.0648. The highest BCUT2D eigenvalue weighted by Crippen LogP contribution is 2.26. The molecule has 2 aliphatic rings. The van der Waals surface area contributed by atoms with Crippen molar-refractivity contribution in [2.75, 3.05) is 39.4 Å². The molecule has 1 unspecified atom stereocenters. The Morgan fingerprint density at radius 1 is 1.25 bits per heavy atom. The van der Waals surface area contributed by atoms with Gasteiger partial charge in [-0.15, -0.1) is 0 Å². The lowest BCUT2D eigenvalue weighted by atomic mass is 10.2. The number of hydrogen-bond donors (Lipinski definition) is 1. The Morgan fingerprint density at radius 2 is 2.04 bits per heavy atom. The number of benzene rings is 1. The van der Waals surface area contributed by atoms with Gasteiger partial charge in [-0.25, -0.2) is 4.39 Å². The molecule has 0 saturated carbocycles. The topological polar surface area (TPSA) is 48.6 Å². The summed E-state index contributed by atoms with van der Waals surface area (Å²) >= 11 is 6.05. The normalized spacial score (nSPS) is 22.4. The molecule has 0 bridgehead atoms. The third-order valence-electron chi connectivity index (χ3n) is 4.91. The zero-order valence-electron chi connectivity index (χ0n) is 13.2. The van der Waals surface area contributed by atoms with Gasteiger partial charge in [0.05, 0.1) is 17.1 Å². The van der Waals surface area contributed by atoms with Crippen LogP contribution in [0.2, 0.25) is 5.02 Å². The maximum atomic E-state index is 13.4. The van der Waals surface area contributed by atoms with Gasteiger partial charge >= 0.3 is 0 Å². The van der Waals surface area contributed by atoms with Crippen LogP contribution >= 0.6 is 11.6 Å². The van der Waals surface area contributed by atoms with Crippen LogP contribution in [0.15, 0.2) is 18.2 Å². The first-order valence-corrected chi connectivity index (χ1v) is 8.58. The Labute approximate surface area is 144 Å². The fourth-order valence-corrected chi connectivity index (χ4v) is 3.81. The Kier molecular flexibility index (Phi) is 4.20. The first kappa shape index (κ1) is 15.9. The second-order valence-corrected chi connectivity index (χ2v) is 6.78. The molecule has 5 nitrogen and oxygen atoms in total. The smallest absolute Gasteiger partial charge is 0.270 e. The molecule has 1 N–H and O–H groups in total. The summed E-state index contributed by atoms with van der Waals surface area (Å²) in [6.45, 7) is 4.71. The van der Waals surface area contributed by atoms with E-state index in [4.69, 9.17) is 16.3 Å². The summed E-state index contributed by atoms with van der Waals surface area (Å²) in [6, 6.07) is 4.80. The average Bonchev–Trinajstić information content (AvgIpc) is 3.24. The molecule has 2 fully saturated rings. The van der Waals surface area contributed by atoms with Gasteiger partial charge in [0, 0.05) is 44.2 Å². The predicted molar refractivity (Wildman–Crippen MR) is 90.0 cm³/mol. The fraction of sp³-hybridized carbons (Fsp3) is 0.471. The van der Waals surface area contributed by atoms with Crippen LogP contribution in [0, 0.1) is 5.82 Å². The largest absolute Gasteiger partial charge is 0.380 e. The number of carbonyl (C=O) groups excluding carboxylic acids is 1. The highest BCUT2D eigenvalue weighted by molar-refractivity contribution is 6.35. The average molecular weight is 352 g/mol. The second-order valence-electron chi connectivity index (χ2n) is 6.38. The summed E-state index contributed by atoms with van der Waals surface area (Å²) < 4.78 is 18.9. The third kappa shape index (κ3) is 2.90. The van der Waals surface area contributed by atoms with Crippen LogP contribution in [-0.4, -0.2) is 66.1 Å². The van der Waals surface area contributed by atoms with Crippen LogP contribution < -0.4 is 0 Å². The zero-order valence-corrected chi connectivity index (χ0v) is 14.0. The van der Waals surface area contributed by atoms with Crippen molar-refractivity contribution in [3.63, 3.8) is 0 Å². The quantitative estimate of drug-likeness (QED) is 0.904. The molecule has 3 heterocycles. The SMILES string of the molecule is O=C(c1cc2c(Cl)cc(F)cc2[nH]1)N1CCN(C2CCOC2)CC1. The highest BCUT2D eigenvalue weighted by atomic mass is 35.5. The molecule has 128 valence electrons. The van der Waals surface area contributed by atoms with Crippen molar-refractivity contribution < 1.29 is 13.9 Å². The molecular formula is C17H19ClFN3O2. The van der Waals surface area contributed by atoms with Crippen LogP contribution in [0.4, 0.5) is 4.39 Å². The van der Waals surface area contributed by atoms with Gasteiger partial charge in [-0.1, -0.05) is 11.6 Å².